The van der Waals surface area contributed by atoms with Crippen molar-refractivity contribution >= 4 is 22.7 Å². The average molecular weight is 321 g/mol. The number of nitrogens with zero attached hydrogens (tertiary/aromatic N) is 3. The summed E-state index contributed by atoms with van der Waals surface area (Å²) in [7, 11) is 2.23. The molecule has 1 aromatic carbocycles. The standard InChI is InChI=1S/C19H19N3S/c1-21-10-7-16-15(11-21)14-3-2-4-17-19(14)22(16)12-18(23-17)13-5-8-20-9-6-13/h2-6,8-9,18H,7,10-12H2,1H3. The van der Waals surface area contributed by atoms with Gasteiger partial charge in [-0.25, -0.2) is 0 Å². The third-order valence-corrected chi connectivity index (χ3v) is 6.41. The Hall–Kier alpha value is -1.78. The first-order valence-corrected chi connectivity index (χ1v) is 9.07. The van der Waals surface area contributed by atoms with E-state index in [0.29, 0.717) is 5.25 Å². The van der Waals surface area contributed by atoms with Crippen LogP contribution in [-0.2, 0) is 19.5 Å². The summed E-state index contributed by atoms with van der Waals surface area (Å²) in [6.07, 6.45) is 4.98. The van der Waals surface area contributed by atoms with Gasteiger partial charge in [0.25, 0.3) is 0 Å². The SMILES string of the molecule is CN1CCc2c(c3cccc4c3n2CC(c2ccncc2)S4)C1. The van der Waals surface area contributed by atoms with Gasteiger partial charge in [-0.05, 0) is 36.4 Å². The van der Waals surface area contributed by atoms with E-state index in [0.717, 1.165) is 26.1 Å². The van der Waals surface area contributed by atoms with Crippen molar-refractivity contribution in [3.8, 4) is 0 Å². The van der Waals surface area contributed by atoms with Crippen LogP contribution >= 0.6 is 11.8 Å². The smallest absolute Gasteiger partial charge is 0.0624 e. The molecule has 0 N–H and O–H groups in total. The second-order valence-electron chi connectivity index (χ2n) is 6.56. The molecule has 0 saturated carbocycles. The topological polar surface area (TPSA) is 21.1 Å². The third-order valence-electron chi connectivity index (χ3n) is 5.12. The Morgan fingerprint density at radius 3 is 2.91 bits per heavy atom. The highest BCUT2D eigenvalue weighted by Crippen LogP contribution is 2.47. The lowest BCUT2D eigenvalue weighted by Gasteiger charge is -2.28. The highest BCUT2D eigenvalue weighted by Gasteiger charge is 2.29. The molecule has 4 heteroatoms. The third kappa shape index (κ3) is 2.05. The van der Waals surface area contributed by atoms with Gasteiger partial charge < -0.3 is 9.47 Å². The van der Waals surface area contributed by atoms with E-state index < -0.39 is 0 Å². The van der Waals surface area contributed by atoms with Gasteiger partial charge in [-0.2, -0.15) is 0 Å². The fourth-order valence-corrected chi connectivity index (χ4v) is 5.32. The molecule has 0 bridgehead atoms. The summed E-state index contributed by atoms with van der Waals surface area (Å²) in [6, 6.07) is 11.1. The van der Waals surface area contributed by atoms with Crippen LogP contribution in [0.3, 0.4) is 0 Å². The summed E-state index contributed by atoms with van der Waals surface area (Å²) in [5, 5.41) is 1.94. The number of para-hydroxylation sites is 1. The highest BCUT2D eigenvalue weighted by molar-refractivity contribution is 7.99. The maximum atomic E-state index is 4.17. The number of hydrogen-bond donors (Lipinski definition) is 0. The predicted octanol–water partition coefficient (Wildman–Crippen LogP) is 3.87. The van der Waals surface area contributed by atoms with E-state index in [1.807, 2.05) is 24.2 Å². The Balaban J connectivity index is 1.69. The minimum absolute atomic E-state index is 0.479. The molecule has 3 aromatic rings. The minimum atomic E-state index is 0.479. The van der Waals surface area contributed by atoms with Gasteiger partial charge >= 0.3 is 0 Å². The molecular formula is C19H19N3S. The molecule has 5 rings (SSSR count). The van der Waals surface area contributed by atoms with Crippen LogP contribution < -0.4 is 0 Å². The molecule has 2 aliphatic rings. The largest absolute Gasteiger partial charge is 0.342 e. The number of hydrogen-bond acceptors (Lipinski definition) is 3. The van der Waals surface area contributed by atoms with Gasteiger partial charge in [-0.3, -0.25) is 4.98 Å². The van der Waals surface area contributed by atoms with E-state index in [4.69, 9.17) is 0 Å². The lowest BCUT2D eigenvalue weighted by molar-refractivity contribution is 0.309. The number of likely N-dealkylation sites (N-methyl/N-ethyl adjacent to an activating group) is 1. The summed E-state index contributed by atoms with van der Waals surface area (Å²) in [5.74, 6) is 0. The van der Waals surface area contributed by atoms with Gasteiger partial charge in [-0.15, -0.1) is 11.8 Å². The van der Waals surface area contributed by atoms with Gasteiger partial charge in [0.15, 0.2) is 0 Å². The molecular weight excluding hydrogens is 302 g/mol. The Morgan fingerprint density at radius 1 is 1.17 bits per heavy atom. The van der Waals surface area contributed by atoms with E-state index in [1.54, 1.807) is 11.3 Å². The molecule has 116 valence electrons. The lowest BCUT2D eigenvalue weighted by atomic mass is 10.1. The van der Waals surface area contributed by atoms with Gasteiger partial charge in [-0.1, -0.05) is 12.1 Å². The number of thioether (sulfide) groups is 1. The molecule has 2 aromatic heterocycles. The van der Waals surface area contributed by atoms with Crippen LogP contribution in [-0.4, -0.2) is 28.0 Å². The van der Waals surface area contributed by atoms with Crippen molar-refractivity contribution < 1.29 is 0 Å². The fraction of sp³-hybridized carbons (Fsp3) is 0.316. The van der Waals surface area contributed by atoms with E-state index in [-0.39, 0.29) is 0 Å². The summed E-state index contributed by atoms with van der Waals surface area (Å²) in [4.78, 5) is 8.03. The normalized spacial score (nSPS) is 20.7. The minimum Gasteiger partial charge on any atom is -0.342 e. The van der Waals surface area contributed by atoms with Crippen LogP contribution in [0.5, 0.6) is 0 Å². The number of fused-ring (bicyclic) bond motifs is 3. The summed E-state index contributed by atoms with van der Waals surface area (Å²) >= 11 is 2.00. The van der Waals surface area contributed by atoms with Crippen molar-refractivity contribution in [2.75, 3.05) is 13.6 Å². The van der Waals surface area contributed by atoms with Crippen molar-refractivity contribution in [3.05, 3.63) is 59.5 Å². The number of benzene rings is 1. The summed E-state index contributed by atoms with van der Waals surface area (Å²) in [6.45, 7) is 3.31. The van der Waals surface area contributed by atoms with E-state index in [2.05, 4.69) is 51.8 Å². The van der Waals surface area contributed by atoms with E-state index in [1.165, 1.54) is 21.4 Å². The zero-order valence-electron chi connectivity index (χ0n) is 13.2. The van der Waals surface area contributed by atoms with Crippen molar-refractivity contribution in [2.45, 2.75) is 29.7 Å². The summed E-state index contributed by atoms with van der Waals surface area (Å²) in [5.41, 5.74) is 5.95. The monoisotopic (exact) mass is 321 g/mol. The Morgan fingerprint density at radius 2 is 2.04 bits per heavy atom. The quantitative estimate of drug-likeness (QED) is 0.679. The molecule has 4 heterocycles. The molecule has 2 aliphatic heterocycles. The first kappa shape index (κ1) is 13.6. The van der Waals surface area contributed by atoms with Crippen molar-refractivity contribution in [3.63, 3.8) is 0 Å². The Kier molecular flexibility index (Phi) is 3.03. The second kappa shape index (κ2) is 5.11. The Labute approximate surface area is 140 Å². The zero-order valence-corrected chi connectivity index (χ0v) is 14.0. The molecule has 1 atom stereocenters. The molecule has 0 aliphatic carbocycles. The number of pyridine rings is 1. The van der Waals surface area contributed by atoms with Gasteiger partial charge in [0.1, 0.15) is 0 Å². The molecule has 0 fully saturated rings. The molecule has 1 unspecified atom stereocenters. The average Bonchev–Trinajstić information content (AvgIpc) is 2.91. The molecule has 0 radical (unpaired) electrons. The predicted molar refractivity (Wildman–Crippen MR) is 94.8 cm³/mol. The maximum absolute atomic E-state index is 4.17. The van der Waals surface area contributed by atoms with Gasteiger partial charge in [0.2, 0.25) is 0 Å². The van der Waals surface area contributed by atoms with Crippen LogP contribution in [0, 0.1) is 0 Å². The second-order valence-corrected chi connectivity index (χ2v) is 7.81. The molecule has 0 amide bonds. The van der Waals surface area contributed by atoms with Gasteiger partial charge in [0.05, 0.1) is 10.8 Å². The van der Waals surface area contributed by atoms with Crippen molar-refractivity contribution in [1.82, 2.24) is 14.5 Å². The van der Waals surface area contributed by atoms with Crippen LogP contribution in [0.15, 0.2) is 47.6 Å². The van der Waals surface area contributed by atoms with Crippen molar-refractivity contribution in [2.24, 2.45) is 0 Å². The van der Waals surface area contributed by atoms with Crippen molar-refractivity contribution in [1.29, 1.82) is 0 Å². The number of rotatable bonds is 1. The maximum Gasteiger partial charge on any atom is 0.0624 e. The fourth-order valence-electron chi connectivity index (χ4n) is 4.01. The van der Waals surface area contributed by atoms with Crippen LogP contribution in [0.1, 0.15) is 22.1 Å². The molecule has 3 nitrogen and oxygen atoms in total. The van der Waals surface area contributed by atoms with E-state index >= 15 is 0 Å². The Bertz CT molecular complexity index is 885. The summed E-state index contributed by atoms with van der Waals surface area (Å²) < 4.78 is 2.61. The van der Waals surface area contributed by atoms with Crippen LogP contribution in [0.2, 0.25) is 0 Å². The number of aromatic nitrogens is 2. The van der Waals surface area contributed by atoms with Crippen LogP contribution in [0.25, 0.3) is 10.9 Å². The lowest BCUT2D eigenvalue weighted by Crippen LogP contribution is -2.27. The molecule has 0 spiro atoms. The molecule has 0 saturated heterocycles. The van der Waals surface area contributed by atoms with Crippen LogP contribution in [0.4, 0.5) is 0 Å². The molecule has 23 heavy (non-hydrogen) atoms. The first-order valence-electron chi connectivity index (χ1n) is 8.19. The highest BCUT2D eigenvalue weighted by atomic mass is 32.2. The van der Waals surface area contributed by atoms with E-state index in [9.17, 15) is 0 Å². The zero-order chi connectivity index (χ0) is 15.4. The van der Waals surface area contributed by atoms with Gasteiger partial charge in [0, 0.05) is 54.4 Å². The first-order chi connectivity index (χ1) is 11.3.